The number of carbonyl (C=O) groups is 3. The van der Waals surface area contributed by atoms with E-state index in [1.807, 2.05) is 0 Å². The molecular formula is C18H21BrFN3O3. The fraction of sp³-hybridized carbons (Fsp3) is 0.389. The monoisotopic (exact) mass is 425 g/mol. The normalized spacial score (nSPS) is 14.1. The van der Waals surface area contributed by atoms with Crippen molar-refractivity contribution < 1.29 is 18.8 Å². The van der Waals surface area contributed by atoms with Gasteiger partial charge in [0.2, 0.25) is 11.8 Å². The summed E-state index contributed by atoms with van der Waals surface area (Å²) in [6.07, 6.45) is 2.10. The molecule has 140 valence electrons. The molecule has 0 spiro atoms. The number of benzene rings is 1. The van der Waals surface area contributed by atoms with E-state index in [9.17, 15) is 18.8 Å². The third kappa shape index (κ3) is 4.91. The second-order valence-electron chi connectivity index (χ2n) is 6.09. The SMILES string of the molecule is C=CCN(Cc1cc(Br)ccc1F)C(=O)CCCN1C(=O)CN(C)C1=O. The largest absolute Gasteiger partial charge is 0.335 e. The zero-order valence-electron chi connectivity index (χ0n) is 14.6. The molecule has 0 saturated carbocycles. The van der Waals surface area contributed by atoms with Crippen molar-refractivity contribution >= 4 is 33.8 Å². The molecule has 0 aliphatic carbocycles. The molecule has 0 radical (unpaired) electrons. The molecule has 2 rings (SSSR count). The van der Waals surface area contributed by atoms with E-state index < -0.39 is 0 Å². The summed E-state index contributed by atoms with van der Waals surface area (Å²) in [5.41, 5.74) is 0.404. The summed E-state index contributed by atoms with van der Waals surface area (Å²) in [6.45, 7) is 4.31. The van der Waals surface area contributed by atoms with E-state index in [0.29, 0.717) is 12.0 Å². The van der Waals surface area contributed by atoms with Crippen LogP contribution in [0.5, 0.6) is 0 Å². The summed E-state index contributed by atoms with van der Waals surface area (Å²) in [5, 5.41) is 0. The molecule has 1 aromatic rings. The number of carbonyl (C=O) groups excluding carboxylic acids is 3. The van der Waals surface area contributed by atoms with E-state index in [1.54, 1.807) is 25.3 Å². The first-order chi connectivity index (χ1) is 12.3. The average Bonchev–Trinajstić information content (AvgIpc) is 2.83. The van der Waals surface area contributed by atoms with Crippen LogP contribution in [0.2, 0.25) is 0 Å². The van der Waals surface area contributed by atoms with Gasteiger partial charge >= 0.3 is 6.03 Å². The highest BCUT2D eigenvalue weighted by molar-refractivity contribution is 9.10. The van der Waals surface area contributed by atoms with Crippen molar-refractivity contribution in [3.05, 3.63) is 46.7 Å². The zero-order valence-corrected chi connectivity index (χ0v) is 16.2. The summed E-state index contributed by atoms with van der Waals surface area (Å²) in [4.78, 5) is 40.0. The Morgan fingerprint density at radius 3 is 2.77 bits per heavy atom. The minimum atomic E-state index is -0.383. The molecule has 1 aromatic carbocycles. The lowest BCUT2D eigenvalue weighted by atomic mass is 10.1. The molecule has 1 heterocycles. The number of nitrogens with zero attached hydrogens (tertiary/aromatic N) is 3. The first-order valence-corrected chi connectivity index (χ1v) is 9.01. The van der Waals surface area contributed by atoms with Crippen LogP contribution in [0.4, 0.5) is 9.18 Å². The smallest absolute Gasteiger partial charge is 0.326 e. The van der Waals surface area contributed by atoms with Crippen LogP contribution >= 0.6 is 15.9 Å². The van der Waals surface area contributed by atoms with Gasteiger partial charge < -0.3 is 9.80 Å². The molecule has 8 heteroatoms. The Labute approximate surface area is 160 Å². The number of halogens is 2. The van der Waals surface area contributed by atoms with Crippen molar-refractivity contribution in [2.24, 2.45) is 0 Å². The Morgan fingerprint density at radius 2 is 2.15 bits per heavy atom. The van der Waals surface area contributed by atoms with Gasteiger partial charge in [-0.25, -0.2) is 9.18 Å². The highest BCUT2D eigenvalue weighted by Gasteiger charge is 2.33. The van der Waals surface area contributed by atoms with E-state index in [0.717, 1.165) is 9.37 Å². The molecule has 1 fully saturated rings. The first kappa shape index (κ1) is 20.1. The van der Waals surface area contributed by atoms with Crippen molar-refractivity contribution in [1.82, 2.24) is 14.7 Å². The summed E-state index contributed by atoms with van der Waals surface area (Å²) < 4.78 is 14.7. The van der Waals surface area contributed by atoms with Crippen molar-refractivity contribution in [3.63, 3.8) is 0 Å². The Balaban J connectivity index is 1.94. The molecule has 1 saturated heterocycles. The molecular weight excluding hydrogens is 405 g/mol. The molecule has 0 atom stereocenters. The maximum Gasteiger partial charge on any atom is 0.326 e. The van der Waals surface area contributed by atoms with Crippen LogP contribution in [0.3, 0.4) is 0 Å². The van der Waals surface area contributed by atoms with Gasteiger partial charge in [-0.3, -0.25) is 14.5 Å². The zero-order chi connectivity index (χ0) is 19.3. The van der Waals surface area contributed by atoms with Crippen molar-refractivity contribution in [3.8, 4) is 0 Å². The quantitative estimate of drug-likeness (QED) is 0.475. The fourth-order valence-electron chi connectivity index (χ4n) is 2.72. The third-order valence-corrected chi connectivity index (χ3v) is 4.57. The van der Waals surface area contributed by atoms with Crippen LogP contribution in [-0.4, -0.2) is 59.2 Å². The topological polar surface area (TPSA) is 60.9 Å². The Hall–Kier alpha value is -2.22. The lowest BCUT2D eigenvalue weighted by Gasteiger charge is -2.22. The highest BCUT2D eigenvalue weighted by Crippen LogP contribution is 2.18. The number of hydrogen-bond donors (Lipinski definition) is 0. The molecule has 0 unspecified atom stereocenters. The molecule has 0 bridgehead atoms. The van der Waals surface area contributed by atoms with Gasteiger partial charge in [-0.05, 0) is 24.6 Å². The number of rotatable bonds is 8. The van der Waals surface area contributed by atoms with Crippen LogP contribution in [0.25, 0.3) is 0 Å². The van der Waals surface area contributed by atoms with E-state index in [4.69, 9.17) is 0 Å². The number of urea groups is 1. The molecule has 26 heavy (non-hydrogen) atoms. The highest BCUT2D eigenvalue weighted by atomic mass is 79.9. The van der Waals surface area contributed by atoms with Crippen LogP contribution < -0.4 is 0 Å². The van der Waals surface area contributed by atoms with Gasteiger partial charge in [0.05, 0.1) is 0 Å². The van der Waals surface area contributed by atoms with Crippen LogP contribution in [0, 0.1) is 5.82 Å². The molecule has 6 nitrogen and oxygen atoms in total. The summed E-state index contributed by atoms with van der Waals surface area (Å²) in [6, 6.07) is 4.23. The van der Waals surface area contributed by atoms with Crippen molar-refractivity contribution in [2.45, 2.75) is 19.4 Å². The molecule has 0 N–H and O–H groups in total. The second-order valence-corrected chi connectivity index (χ2v) is 7.00. The van der Waals surface area contributed by atoms with Gasteiger partial charge in [-0.1, -0.05) is 22.0 Å². The van der Waals surface area contributed by atoms with Gasteiger partial charge in [0.25, 0.3) is 0 Å². The average molecular weight is 426 g/mol. The number of amides is 4. The summed E-state index contributed by atoms with van der Waals surface area (Å²) in [7, 11) is 1.56. The van der Waals surface area contributed by atoms with Gasteiger partial charge in [-0.2, -0.15) is 0 Å². The van der Waals surface area contributed by atoms with E-state index in [2.05, 4.69) is 22.5 Å². The number of hydrogen-bond acceptors (Lipinski definition) is 3. The summed E-state index contributed by atoms with van der Waals surface area (Å²) in [5.74, 6) is -0.827. The van der Waals surface area contributed by atoms with Crippen LogP contribution in [0.15, 0.2) is 35.3 Å². The minimum Gasteiger partial charge on any atom is -0.335 e. The second kappa shape index (κ2) is 8.93. The maximum atomic E-state index is 13.9. The molecule has 1 aliphatic heterocycles. The van der Waals surface area contributed by atoms with E-state index in [-0.39, 0.29) is 56.3 Å². The van der Waals surface area contributed by atoms with Gasteiger partial charge in [0, 0.05) is 43.1 Å². The number of imide groups is 1. The van der Waals surface area contributed by atoms with Crippen LogP contribution in [0.1, 0.15) is 18.4 Å². The predicted molar refractivity (Wildman–Crippen MR) is 98.7 cm³/mol. The number of likely N-dealkylation sites (N-methyl/N-ethyl adjacent to an activating group) is 1. The molecule has 1 aliphatic rings. The minimum absolute atomic E-state index is 0.0670. The lowest BCUT2D eigenvalue weighted by Crippen LogP contribution is -2.34. The Morgan fingerprint density at radius 1 is 1.42 bits per heavy atom. The third-order valence-electron chi connectivity index (χ3n) is 4.07. The van der Waals surface area contributed by atoms with Gasteiger partial charge in [0.1, 0.15) is 12.4 Å². The Bertz CT molecular complexity index is 726. The maximum absolute atomic E-state index is 13.9. The van der Waals surface area contributed by atoms with E-state index >= 15 is 0 Å². The van der Waals surface area contributed by atoms with Gasteiger partial charge in [0.15, 0.2) is 0 Å². The van der Waals surface area contributed by atoms with Crippen molar-refractivity contribution in [2.75, 3.05) is 26.7 Å². The van der Waals surface area contributed by atoms with Crippen LogP contribution in [-0.2, 0) is 16.1 Å². The van der Waals surface area contributed by atoms with Crippen molar-refractivity contribution in [1.29, 1.82) is 0 Å². The Kier molecular flexibility index (Phi) is 6.90. The predicted octanol–water partition coefficient (Wildman–Crippen LogP) is 2.78. The fourth-order valence-corrected chi connectivity index (χ4v) is 3.12. The molecule has 0 aromatic heterocycles. The first-order valence-electron chi connectivity index (χ1n) is 8.21. The van der Waals surface area contributed by atoms with Gasteiger partial charge in [-0.15, -0.1) is 6.58 Å². The lowest BCUT2D eigenvalue weighted by molar-refractivity contribution is -0.132. The summed E-state index contributed by atoms with van der Waals surface area (Å²) >= 11 is 3.29. The molecule has 4 amide bonds. The standard InChI is InChI=1S/C18H21BrFN3O3/c1-3-8-22(11-13-10-14(19)6-7-15(13)20)16(24)5-4-9-23-17(25)12-21(2)18(23)26/h3,6-7,10H,1,4-5,8-9,11-12H2,2H3. The van der Waals surface area contributed by atoms with E-state index in [1.165, 1.54) is 15.9 Å².